The van der Waals surface area contributed by atoms with Gasteiger partial charge in [0, 0.05) is 15.5 Å². The van der Waals surface area contributed by atoms with Gasteiger partial charge in [-0.15, -0.1) is 22.9 Å². The number of thiazole rings is 1. The van der Waals surface area contributed by atoms with Crippen molar-refractivity contribution >= 4 is 49.9 Å². The Hall–Kier alpha value is -0.910. The van der Waals surface area contributed by atoms with E-state index >= 15 is 0 Å². The number of halogens is 2. The third-order valence-corrected chi connectivity index (χ3v) is 5.55. The fourth-order valence-corrected chi connectivity index (χ4v) is 3.88. The molecule has 1 atom stereocenters. The fourth-order valence-electron chi connectivity index (χ4n) is 2.44. The van der Waals surface area contributed by atoms with Gasteiger partial charge in [0.25, 0.3) is 0 Å². The Kier molecular flexibility index (Phi) is 4.33. The fraction of sp³-hybridized carbons (Fsp3) is 0.333. The van der Waals surface area contributed by atoms with Gasteiger partial charge < -0.3 is 4.57 Å². The Balaban J connectivity index is 2.13. The number of alkyl halides is 1. The molecule has 6 heteroatoms. The molecular formula is C15H15BrClN3S. The van der Waals surface area contributed by atoms with Gasteiger partial charge in [-0.3, -0.25) is 0 Å². The van der Waals surface area contributed by atoms with Crippen LogP contribution in [-0.2, 0) is 12.3 Å². The van der Waals surface area contributed by atoms with Gasteiger partial charge in [0.15, 0.2) is 0 Å². The highest BCUT2D eigenvalue weighted by molar-refractivity contribution is 9.10. The van der Waals surface area contributed by atoms with Crippen LogP contribution >= 0.6 is 38.9 Å². The first kappa shape index (κ1) is 15.0. The zero-order valence-electron chi connectivity index (χ0n) is 11.8. The largest absolute Gasteiger partial charge is 0.317 e. The summed E-state index contributed by atoms with van der Waals surface area (Å²) >= 11 is 11.3. The molecular weight excluding hydrogens is 370 g/mol. The van der Waals surface area contributed by atoms with E-state index in [9.17, 15) is 0 Å². The second kappa shape index (κ2) is 6.07. The molecule has 0 fully saturated rings. The van der Waals surface area contributed by atoms with Crippen LogP contribution < -0.4 is 0 Å². The van der Waals surface area contributed by atoms with Gasteiger partial charge in [0.05, 0.1) is 23.0 Å². The molecule has 0 N–H and O–H groups in total. The molecule has 1 unspecified atom stereocenters. The van der Waals surface area contributed by atoms with Gasteiger partial charge in [-0.05, 0) is 31.5 Å². The maximum atomic E-state index is 6.10. The Labute approximate surface area is 141 Å². The van der Waals surface area contributed by atoms with E-state index in [2.05, 4.69) is 50.4 Å². The normalized spacial score (nSPS) is 13.0. The van der Waals surface area contributed by atoms with Gasteiger partial charge in [-0.25, -0.2) is 9.97 Å². The highest BCUT2D eigenvalue weighted by Crippen LogP contribution is 2.30. The third-order valence-electron chi connectivity index (χ3n) is 3.51. The van der Waals surface area contributed by atoms with Gasteiger partial charge >= 0.3 is 0 Å². The second-order valence-electron chi connectivity index (χ2n) is 4.86. The van der Waals surface area contributed by atoms with E-state index in [1.54, 1.807) is 11.3 Å². The molecule has 21 heavy (non-hydrogen) atoms. The molecule has 0 aliphatic carbocycles. The Morgan fingerprint density at radius 1 is 1.43 bits per heavy atom. The lowest BCUT2D eigenvalue weighted by molar-refractivity contribution is 0.630. The number of benzene rings is 1. The minimum absolute atomic E-state index is 0.134. The Morgan fingerprint density at radius 3 is 2.90 bits per heavy atom. The Bertz CT molecular complexity index is 780. The van der Waals surface area contributed by atoms with Gasteiger partial charge in [-0.2, -0.15) is 0 Å². The quantitative estimate of drug-likeness (QED) is 0.581. The van der Waals surface area contributed by atoms with Crippen molar-refractivity contribution < 1.29 is 0 Å². The van der Waals surface area contributed by atoms with Crippen LogP contribution in [0.2, 0.25) is 0 Å². The van der Waals surface area contributed by atoms with Gasteiger partial charge in [0.2, 0.25) is 0 Å². The molecule has 1 aromatic carbocycles. The minimum Gasteiger partial charge on any atom is -0.317 e. The summed E-state index contributed by atoms with van der Waals surface area (Å²) < 4.78 is 3.21. The number of nitrogens with zero attached hydrogens (tertiary/aromatic N) is 3. The number of rotatable bonds is 4. The van der Waals surface area contributed by atoms with E-state index in [-0.39, 0.29) is 6.04 Å². The molecule has 110 valence electrons. The van der Waals surface area contributed by atoms with Crippen LogP contribution in [0.4, 0.5) is 0 Å². The molecule has 0 saturated heterocycles. The van der Waals surface area contributed by atoms with Crippen molar-refractivity contribution in [2.24, 2.45) is 0 Å². The van der Waals surface area contributed by atoms with Crippen LogP contribution in [0.25, 0.3) is 11.0 Å². The average Bonchev–Trinajstić information content (AvgIpc) is 3.09. The Morgan fingerprint density at radius 2 is 2.24 bits per heavy atom. The summed E-state index contributed by atoms with van der Waals surface area (Å²) in [5, 5.41) is 1.10. The first-order chi connectivity index (χ1) is 10.1. The van der Waals surface area contributed by atoms with Crippen molar-refractivity contribution in [1.82, 2.24) is 14.5 Å². The lowest BCUT2D eigenvalue weighted by atomic mass is 10.3. The van der Waals surface area contributed by atoms with E-state index in [1.165, 1.54) is 4.88 Å². The highest BCUT2D eigenvalue weighted by Gasteiger charge is 2.19. The zero-order valence-corrected chi connectivity index (χ0v) is 15.0. The van der Waals surface area contributed by atoms with Crippen molar-refractivity contribution in [1.29, 1.82) is 0 Å². The van der Waals surface area contributed by atoms with E-state index in [4.69, 9.17) is 11.6 Å². The topological polar surface area (TPSA) is 30.7 Å². The summed E-state index contributed by atoms with van der Waals surface area (Å²) in [6.07, 6.45) is 2.98. The summed E-state index contributed by atoms with van der Waals surface area (Å²) in [7, 11) is 0. The summed E-state index contributed by atoms with van der Waals surface area (Å²) in [6, 6.07) is 6.27. The lowest BCUT2D eigenvalue weighted by Gasteiger charge is -2.14. The van der Waals surface area contributed by atoms with Crippen molar-refractivity contribution in [3.8, 4) is 0 Å². The van der Waals surface area contributed by atoms with E-state index < -0.39 is 0 Å². The molecule has 0 aliphatic rings. The molecule has 2 heterocycles. The predicted molar refractivity (Wildman–Crippen MR) is 92.3 cm³/mol. The van der Waals surface area contributed by atoms with E-state index in [0.29, 0.717) is 5.88 Å². The van der Waals surface area contributed by atoms with Gasteiger partial charge in [-0.1, -0.05) is 22.9 Å². The van der Waals surface area contributed by atoms with Crippen LogP contribution in [0.15, 0.2) is 28.9 Å². The number of hydrogen-bond acceptors (Lipinski definition) is 3. The average molecular weight is 385 g/mol. The predicted octanol–water partition coefficient (Wildman–Crippen LogP) is 5.17. The molecule has 0 saturated carbocycles. The van der Waals surface area contributed by atoms with E-state index in [0.717, 1.165) is 32.8 Å². The second-order valence-corrected chi connectivity index (χ2v) is 7.19. The number of aryl methyl sites for hydroxylation is 1. The first-order valence-electron chi connectivity index (χ1n) is 6.81. The molecule has 0 spiro atoms. The molecule has 0 radical (unpaired) electrons. The SMILES string of the molecule is CCc1cnc(C(C)n2c(CCl)nc3cc(Br)ccc32)s1. The lowest BCUT2D eigenvalue weighted by Crippen LogP contribution is -2.09. The number of fused-ring (bicyclic) bond motifs is 1. The van der Waals surface area contributed by atoms with Crippen LogP contribution in [-0.4, -0.2) is 14.5 Å². The molecule has 0 bridgehead atoms. The molecule has 0 amide bonds. The number of hydrogen-bond donors (Lipinski definition) is 0. The molecule has 3 aromatic rings. The van der Waals surface area contributed by atoms with E-state index in [1.807, 2.05) is 18.3 Å². The van der Waals surface area contributed by atoms with Crippen LogP contribution in [0.1, 0.15) is 35.6 Å². The van der Waals surface area contributed by atoms with Crippen LogP contribution in [0.5, 0.6) is 0 Å². The number of aromatic nitrogens is 3. The van der Waals surface area contributed by atoms with Crippen LogP contribution in [0.3, 0.4) is 0 Å². The zero-order chi connectivity index (χ0) is 15.0. The third kappa shape index (κ3) is 2.74. The summed E-state index contributed by atoms with van der Waals surface area (Å²) in [5.41, 5.74) is 2.05. The minimum atomic E-state index is 0.134. The van der Waals surface area contributed by atoms with Crippen molar-refractivity contribution in [2.75, 3.05) is 0 Å². The van der Waals surface area contributed by atoms with Crippen molar-refractivity contribution in [3.05, 3.63) is 44.6 Å². The smallest absolute Gasteiger partial charge is 0.125 e. The summed E-state index contributed by atoms with van der Waals surface area (Å²) in [5.74, 6) is 1.27. The van der Waals surface area contributed by atoms with Crippen molar-refractivity contribution in [3.63, 3.8) is 0 Å². The number of imidazole rings is 1. The monoisotopic (exact) mass is 383 g/mol. The standard InChI is InChI=1S/C15H15BrClN3S/c1-3-11-8-18-15(21-11)9(2)20-13-5-4-10(16)6-12(13)19-14(20)7-17/h4-6,8-9H,3,7H2,1-2H3. The molecule has 2 aromatic heterocycles. The summed E-state index contributed by atoms with van der Waals surface area (Å²) in [6.45, 7) is 4.30. The summed E-state index contributed by atoms with van der Waals surface area (Å²) in [4.78, 5) is 10.5. The molecule has 0 aliphatic heterocycles. The van der Waals surface area contributed by atoms with Crippen LogP contribution in [0, 0.1) is 0 Å². The maximum Gasteiger partial charge on any atom is 0.125 e. The highest BCUT2D eigenvalue weighted by atomic mass is 79.9. The van der Waals surface area contributed by atoms with Gasteiger partial charge in [0.1, 0.15) is 10.8 Å². The van der Waals surface area contributed by atoms with Crippen molar-refractivity contribution in [2.45, 2.75) is 32.2 Å². The maximum absolute atomic E-state index is 6.10. The first-order valence-corrected chi connectivity index (χ1v) is 8.95. The molecule has 3 rings (SSSR count). The molecule has 3 nitrogen and oxygen atoms in total.